The lowest BCUT2D eigenvalue weighted by Gasteiger charge is -2.26. The Labute approximate surface area is 167 Å². The lowest BCUT2D eigenvalue weighted by Crippen LogP contribution is -2.42. The van der Waals surface area contributed by atoms with Crippen LogP contribution in [0.25, 0.3) is 11.3 Å². The van der Waals surface area contributed by atoms with Gasteiger partial charge in [-0.15, -0.1) is 0 Å². The second kappa shape index (κ2) is 6.65. The van der Waals surface area contributed by atoms with E-state index < -0.39 is 34.8 Å². The molecule has 3 N–H and O–H groups in total. The third kappa shape index (κ3) is 2.90. The molecule has 0 saturated heterocycles. The van der Waals surface area contributed by atoms with Crippen LogP contribution in [0.2, 0.25) is 0 Å². The number of hydrogen-bond donors (Lipinski definition) is 2. The molecule has 0 fully saturated rings. The van der Waals surface area contributed by atoms with Crippen molar-refractivity contribution in [2.24, 2.45) is 10.7 Å². The monoisotopic (exact) mass is 418 g/mol. The molecule has 0 radical (unpaired) electrons. The minimum absolute atomic E-state index is 0.273. The molecule has 1 amide bonds. The number of halogens is 4. The fourth-order valence-corrected chi connectivity index (χ4v) is 3.30. The number of alkyl halides is 3. The van der Waals surface area contributed by atoms with Crippen molar-refractivity contribution in [1.29, 1.82) is 0 Å². The summed E-state index contributed by atoms with van der Waals surface area (Å²) in [5, 5.41) is 6.53. The number of benzene rings is 1. The quantitative estimate of drug-likeness (QED) is 0.639. The number of pyridine rings is 1. The zero-order valence-corrected chi connectivity index (χ0v) is 15.4. The standard InChI is InChI=1S/C19H14F4N6O/c1-29-16(30)18(27-17(29)24,14-3-2-4-15(26-14)19(21,22)23)11-9-10(5-6-12(11)20)13-7-8-25-28-13/h2-9H,1H3,(H2,24,27)(H,25,28). The van der Waals surface area contributed by atoms with Gasteiger partial charge in [0.2, 0.25) is 5.54 Å². The molecule has 3 heterocycles. The topological polar surface area (TPSA) is 100 Å². The number of H-pyrrole nitrogens is 1. The Morgan fingerprint density at radius 3 is 2.53 bits per heavy atom. The third-order valence-electron chi connectivity index (χ3n) is 4.82. The number of carbonyl (C=O) groups excluding carboxylic acids is 1. The predicted molar refractivity (Wildman–Crippen MR) is 98.4 cm³/mol. The minimum Gasteiger partial charge on any atom is -0.369 e. The number of guanidine groups is 1. The van der Waals surface area contributed by atoms with Gasteiger partial charge >= 0.3 is 6.18 Å². The number of carbonyl (C=O) groups is 1. The molecular weight excluding hydrogens is 404 g/mol. The molecule has 2 aromatic heterocycles. The van der Waals surface area contributed by atoms with E-state index in [-0.39, 0.29) is 11.5 Å². The summed E-state index contributed by atoms with van der Waals surface area (Å²) < 4.78 is 54.8. The summed E-state index contributed by atoms with van der Waals surface area (Å²) in [5.41, 5.74) is 2.64. The highest BCUT2D eigenvalue weighted by Gasteiger charge is 2.53. The van der Waals surface area contributed by atoms with Crippen LogP contribution in [-0.4, -0.2) is 39.0 Å². The maximum absolute atomic E-state index is 15.0. The minimum atomic E-state index is -4.77. The molecule has 0 aliphatic carbocycles. The van der Waals surface area contributed by atoms with Gasteiger partial charge in [-0.3, -0.25) is 14.8 Å². The van der Waals surface area contributed by atoms with E-state index in [4.69, 9.17) is 5.73 Å². The SMILES string of the molecule is CN1C(=O)C(c2cccc(C(F)(F)F)n2)(c2cc(-c3ccn[nH]3)ccc2F)N=C1N. The van der Waals surface area contributed by atoms with Crippen molar-refractivity contribution in [3.63, 3.8) is 0 Å². The second-order valence-corrected chi connectivity index (χ2v) is 6.62. The number of nitrogens with one attached hydrogen (secondary N) is 1. The van der Waals surface area contributed by atoms with Crippen molar-refractivity contribution in [2.45, 2.75) is 11.7 Å². The smallest absolute Gasteiger partial charge is 0.369 e. The first-order valence-corrected chi connectivity index (χ1v) is 8.62. The molecule has 1 atom stereocenters. The van der Waals surface area contributed by atoms with Crippen molar-refractivity contribution in [2.75, 3.05) is 7.05 Å². The predicted octanol–water partition coefficient (Wildman–Crippen LogP) is 2.66. The number of rotatable bonds is 3. The first kappa shape index (κ1) is 19.6. The van der Waals surface area contributed by atoms with Gasteiger partial charge in [0.25, 0.3) is 5.91 Å². The summed E-state index contributed by atoms with van der Waals surface area (Å²) >= 11 is 0. The van der Waals surface area contributed by atoms with Crippen LogP contribution in [0.4, 0.5) is 17.6 Å². The second-order valence-electron chi connectivity index (χ2n) is 6.62. The van der Waals surface area contributed by atoms with Crippen LogP contribution in [0.3, 0.4) is 0 Å². The number of hydrogen-bond acceptors (Lipinski definition) is 5. The zero-order chi connectivity index (χ0) is 21.7. The van der Waals surface area contributed by atoms with Gasteiger partial charge in [0.05, 0.1) is 11.4 Å². The number of aliphatic imine (C=N–C) groups is 1. The van der Waals surface area contributed by atoms with E-state index in [2.05, 4.69) is 20.2 Å². The molecule has 4 rings (SSSR count). The molecule has 3 aromatic rings. The summed E-state index contributed by atoms with van der Waals surface area (Å²) in [6.45, 7) is 0. The van der Waals surface area contributed by atoms with Gasteiger partial charge in [-0.2, -0.15) is 18.3 Å². The van der Waals surface area contributed by atoms with E-state index in [1.807, 2.05) is 0 Å². The normalized spacial score (nSPS) is 19.3. The van der Waals surface area contributed by atoms with Gasteiger partial charge in [0.15, 0.2) is 5.96 Å². The maximum Gasteiger partial charge on any atom is 0.433 e. The molecule has 0 saturated carbocycles. The van der Waals surface area contributed by atoms with E-state index in [1.165, 1.54) is 31.4 Å². The fraction of sp³-hybridized carbons (Fsp3) is 0.158. The molecule has 1 aliphatic heterocycles. The van der Waals surface area contributed by atoms with Crippen LogP contribution in [0.1, 0.15) is 17.0 Å². The molecule has 30 heavy (non-hydrogen) atoms. The Morgan fingerprint density at radius 2 is 1.93 bits per heavy atom. The molecule has 1 unspecified atom stereocenters. The van der Waals surface area contributed by atoms with Crippen molar-refractivity contribution >= 4 is 11.9 Å². The van der Waals surface area contributed by atoms with Gasteiger partial charge in [0.1, 0.15) is 11.5 Å². The van der Waals surface area contributed by atoms with Gasteiger partial charge < -0.3 is 5.73 Å². The number of nitrogens with two attached hydrogens (primary N) is 1. The van der Waals surface area contributed by atoms with Crippen LogP contribution in [0.5, 0.6) is 0 Å². The molecule has 0 spiro atoms. The van der Waals surface area contributed by atoms with Crippen molar-refractivity contribution in [3.05, 3.63) is 71.4 Å². The van der Waals surface area contributed by atoms with E-state index >= 15 is 0 Å². The highest BCUT2D eigenvalue weighted by atomic mass is 19.4. The van der Waals surface area contributed by atoms with E-state index in [0.717, 1.165) is 23.1 Å². The third-order valence-corrected chi connectivity index (χ3v) is 4.82. The number of aromatic nitrogens is 3. The van der Waals surface area contributed by atoms with Crippen LogP contribution < -0.4 is 5.73 Å². The highest BCUT2D eigenvalue weighted by molar-refractivity contribution is 6.08. The fourth-order valence-electron chi connectivity index (χ4n) is 3.30. The molecular formula is C19H14F4N6O. The van der Waals surface area contributed by atoms with Crippen LogP contribution >= 0.6 is 0 Å². The van der Waals surface area contributed by atoms with E-state index in [1.54, 1.807) is 6.07 Å². The van der Waals surface area contributed by atoms with Crippen LogP contribution in [0, 0.1) is 5.82 Å². The number of amides is 1. The van der Waals surface area contributed by atoms with E-state index in [0.29, 0.717) is 11.3 Å². The molecule has 1 aliphatic rings. The Bertz CT molecular complexity index is 1160. The average molecular weight is 418 g/mol. The highest BCUT2D eigenvalue weighted by Crippen LogP contribution is 2.41. The zero-order valence-electron chi connectivity index (χ0n) is 15.4. The van der Waals surface area contributed by atoms with Gasteiger partial charge in [-0.1, -0.05) is 6.07 Å². The average Bonchev–Trinajstić information content (AvgIpc) is 3.32. The molecule has 0 bridgehead atoms. The van der Waals surface area contributed by atoms with Gasteiger partial charge in [-0.25, -0.2) is 14.4 Å². The first-order valence-electron chi connectivity index (χ1n) is 8.62. The largest absolute Gasteiger partial charge is 0.433 e. The first-order chi connectivity index (χ1) is 14.1. The summed E-state index contributed by atoms with van der Waals surface area (Å²) in [6, 6.07) is 8.50. The molecule has 11 heteroatoms. The van der Waals surface area contributed by atoms with Crippen molar-refractivity contribution in [1.82, 2.24) is 20.1 Å². The Hall–Kier alpha value is -3.76. The van der Waals surface area contributed by atoms with Crippen LogP contribution in [-0.2, 0) is 16.5 Å². The number of aromatic amines is 1. The lowest BCUT2D eigenvalue weighted by atomic mass is 9.84. The van der Waals surface area contributed by atoms with Crippen LogP contribution in [0.15, 0.2) is 53.7 Å². The molecule has 1 aromatic carbocycles. The Kier molecular flexibility index (Phi) is 4.33. The summed E-state index contributed by atoms with van der Waals surface area (Å²) in [7, 11) is 1.30. The van der Waals surface area contributed by atoms with Crippen molar-refractivity contribution in [3.8, 4) is 11.3 Å². The van der Waals surface area contributed by atoms with Gasteiger partial charge in [0, 0.05) is 24.4 Å². The number of nitrogens with zero attached hydrogens (tertiary/aromatic N) is 4. The summed E-state index contributed by atoms with van der Waals surface area (Å²) in [4.78, 5) is 21.8. The number of likely N-dealkylation sites (N-methyl/N-ethyl adjacent to an activating group) is 1. The molecule has 7 nitrogen and oxygen atoms in total. The lowest BCUT2D eigenvalue weighted by molar-refractivity contribution is -0.141. The molecule has 154 valence electrons. The van der Waals surface area contributed by atoms with Crippen molar-refractivity contribution < 1.29 is 22.4 Å². The van der Waals surface area contributed by atoms with Gasteiger partial charge in [-0.05, 0) is 36.4 Å². The Balaban J connectivity index is 2.01. The Morgan fingerprint density at radius 1 is 1.17 bits per heavy atom. The summed E-state index contributed by atoms with van der Waals surface area (Å²) in [5.74, 6) is -1.95. The summed E-state index contributed by atoms with van der Waals surface area (Å²) in [6.07, 6.45) is -3.29. The van der Waals surface area contributed by atoms with E-state index in [9.17, 15) is 22.4 Å². The maximum atomic E-state index is 15.0.